The second-order valence-electron chi connectivity index (χ2n) is 16.5. The van der Waals surface area contributed by atoms with E-state index in [2.05, 4.69) is 278 Å². The van der Waals surface area contributed by atoms with Crippen LogP contribution in [0, 0.1) is 0 Å². The average molecular weight is 828 g/mol. The Bertz CT molecular complexity index is 3350. The molecule has 0 fully saturated rings. The summed E-state index contributed by atoms with van der Waals surface area (Å²) in [4.78, 5) is 2.42. The number of hydrogen-bond acceptors (Lipinski definition) is 1. The van der Waals surface area contributed by atoms with Crippen LogP contribution in [0.25, 0.3) is 88.7 Å². The average Bonchev–Trinajstić information content (AvgIpc) is 3.40. The van der Waals surface area contributed by atoms with Gasteiger partial charge in [0.15, 0.2) is 0 Å². The molecule has 0 spiro atoms. The standard InChI is InChI=1S/C64H45N/c1-5-17-46(18-6-1)47-31-33-48(34-32-47)49-35-40-56(41-36-49)65(63-30-14-13-27-60(63)61-29-16-26-54-25-15-28-59(64(54)61)52-21-9-3-10-22-52)57-42-37-50(38-43-57)55-39-44-58(51-19-7-2-8-20-51)62(45-55)53-23-11-4-12-24-53/h1-45H. The van der Waals surface area contributed by atoms with Crippen molar-refractivity contribution in [1.82, 2.24) is 0 Å². The Labute approximate surface area is 381 Å². The first-order chi connectivity index (χ1) is 32.2. The van der Waals surface area contributed by atoms with E-state index in [0.717, 1.165) is 28.2 Å². The van der Waals surface area contributed by atoms with E-state index < -0.39 is 0 Å². The normalized spacial score (nSPS) is 11.1. The first-order valence-corrected chi connectivity index (χ1v) is 22.3. The Kier molecular flexibility index (Phi) is 10.7. The molecular weight excluding hydrogens is 783 g/mol. The van der Waals surface area contributed by atoms with Gasteiger partial charge in [0.25, 0.3) is 0 Å². The Balaban J connectivity index is 1.03. The van der Waals surface area contributed by atoms with Crippen molar-refractivity contribution >= 4 is 27.8 Å². The van der Waals surface area contributed by atoms with E-state index in [0.29, 0.717) is 0 Å². The lowest BCUT2D eigenvalue weighted by molar-refractivity contribution is 1.28. The monoisotopic (exact) mass is 827 g/mol. The van der Waals surface area contributed by atoms with Crippen LogP contribution in [0.1, 0.15) is 0 Å². The molecule has 0 atom stereocenters. The molecule has 0 heterocycles. The second-order valence-corrected chi connectivity index (χ2v) is 16.5. The van der Waals surface area contributed by atoms with E-state index in [-0.39, 0.29) is 0 Å². The van der Waals surface area contributed by atoms with Crippen LogP contribution in [0.15, 0.2) is 273 Å². The molecule has 1 heteroatoms. The molecule has 0 aliphatic carbocycles. The Morgan fingerprint density at radius 1 is 0.200 bits per heavy atom. The van der Waals surface area contributed by atoms with Gasteiger partial charge in [-0.2, -0.15) is 0 Å². The van der Waals surface area contributed by atoms with Crippen molar-refractivity contribution in [3.05, 3.63) is 273 Å². The molecule has 11 aromatic carbocycles. The molecule has 306 valence electrons. The van der Waals surface area contributed by atoms with E-state index in [4.69, 9.17) is 0 Å². The highest BCUT2D eigenvalue weighted by atomic mass is 15.1. The first-order valence-electron chi connectivity index (χ1n) is 22.3. The molecule has 1 nitrogen and oxygen atoms in total. The minimum atomic E-state index is 1.08. The zero-order chi connectivity index (χ0) is 43.4. The summed E-state index contributed by atoms with van der Waals surface area (Å²) in [6, 6.07) is 98.8. The van der Waals surface area contributed by atoms with E-state index in [9.17, 15) is 0 Å². The zero-order valence-electron chi connectivity index (χ0n) is 35.9. The molecule has 0 aliphatic heterocycles. The summed E-state index contributed by atoms with van der Waals surface area (Å²) in [5.74, 6) is 0. The topological polar surface area (TPSA) is 3.24 Å². The van der Waals surface area contributed by atoms with Crippen LogP contribution >= 0.6 is 0 Å². The number of rotatable bonds is 10. The lowest BCUT2D eigenvalue weighted by Crippen LogP contribution is -2.11. The molecule has 0 unspecified atom stereocenters. The van der Waals surface area contributed by atoms with Crippen molar-refractivity contribution in [2.24, 2.45) is 0 Å². The maximum absolute atomic E-state index is 2.42. The predicted octanol–water partition coefficient (Wildman–Crippen LogP) is 18.0. The van der Waals surface area contributed by atoms with Crippen LogP contribution in [0.3, 0.4) is 0 Å². The van der Waals surface area contributed by atoms with Gasteiger partial charge in [0.05, 0.1) is 5.69 Å². The summed E-state index contributed by atoms with van der Waals surface area (Å²) in [5, 5.41) is 2.46. The fourth-order valence-corrected chi connectivity index (χ4v) is 9.29. The summed E-state index contributed by atoms with van der Waals surface area (Å²) in [5.41, 5.74) is 20.0. The summed E-state index contributed by atoms with van der Waals surface area (Å²) in [6.07, 6.45) is 0. The number of benzene rings is 11. The highest BCUT2D eigenvalue weighted by molar-refractivity contribution is 6.09. The number of nitrogens with zero attached hydrogens (tertiary/aromatic N) is 1. The van der Waals surface area contributed by atoms with Gasteiger partial charge in [0.1, 0.15) is 0 Å². The molecule has 11 aromatic rings. The van der Waals surface area contributed by atoms with Crippen LogP contribution in [-0.4, -0.2) is 0 Å². The summed E-state index contributed by atoms with van der Waals surface area (Å²) >= 11 is 0. The second kappa shape index (κ2) is 17.7. The molecule has 65 heavy (non-hydrogen) atoms. The Hall–Kier alpha value is -8.52. The van der Waals surface area contributed by atoms with E-state index in [1.165, 1.54) is 77.5 Å². The van der Waals surface area contributed by atoms with E-state index in [1.54, 1.807) is 0 Å². The minimum Gasteiger partial charge on any atom is -0.310 e. The number of hydrogen-bond donors (Lipinski definition) is 0. The van der Waals surface area contributed by atoms with Crippen molar-refractivity contribution in [2.45, 2.75) is 0 Å². The van der Waals surface area contributed by atoms with Crippen molar-refractivity contribution in [2.75, 3.05) is 4.90 Å². The third kappa shape index (κ3) is 7.93. The van der Waals surface area contributed by atoms with Gasteiger partial charge in [0.2, 0.25) is 0 Å². The minimum absolute atomic E-state index is 1.08. The van der Waals surface area contributed by atoms with Crippen molar-refractivity contribution in [3.8, 4) is 77.9 Å². The van der Waals surface area contributed by atoms with Crippen LogP contribution in [0.5, 0.6) is 0 Å². The third-order valence-electron chi connectivity index (χ3n) is 12.5. The lowest BCUT2D eigenvalue weighted by Gasteiger charge is -2.29. The summed E-state index contributed by atoms with van der Waals surface area (Å²) in [6.45, 7) is 0. The SMILES string of the molecule is c1ccc(-c2ccc(-c3ccc(N(c4ccc(-c5ccc(-c6ccccc6)c(-c6ccccc6)c5)cc4)c4ccccc4-c4cccc5cccc(-c6ccccc6)c45)cc3)cc2)cc1. The Morgan fingerprint density at radius 3 is 1.11 bits per heavy atom. The van der Waals surface area contributed by atoms with Gasteiger partial charge < -0.3 is 4.90 Å². The molecule has 0 saturated carbocycles. The van der Waals surface area contributed by atoms with Crippen molar-refractivity contribution < 1.29 is 0 Å². The van der Waals surface area contributed by atoms with Crippen molar-refractivity contribution in [3.63, 3.8) is 0 Å². The predicted molar refractivity (Wildman–Crippen MR) is 277 cm³/mol. The van der Waals surface area contributed by atoms with Crippen LogP contribution in [0.4, 0.5) is 17.1 Å². The number of anilines is 3. The fraction of sp³-hybridized carbons (Fsp3) is 0. The largest absolute Gasteiger partial charge is 0.310 e. The molecule has 11 rings (SSSR count). The maximum atomic E-state index is 2.42. The van der Waals surface area contributed by atoms with Crippen LogP contribution in [-0.2, 0) is 0 Å². The van der Waals surface area contributed by atoms with Crippen LogP contribution in [0.2, 0.25) is 0 Å². The van der Waals surface area contributed by atoms with Crippen LogP contribution < -0.4 is 4.90 Å². The molecule has 0 N–H and O–H groups in total. The zero-order valence-corrected chi connectivity index (χ0v) is 35.9. The Morgan fingerprint density at radius 2 is 0.569 bits per heavy atom. The van der Waals surface area contributed by atoms with E-state index in [1.807, 2.05) is 0 Å². The van der Waals surface area contributed by atoms with Gasteiger partial charge in [-0.25, -0.2) is 0 Å². The molecule has 0 saturated heterocycles. The first kappa shape index (κ1) is 39.3. The smallest absolute Gasteiger partial charge is 0.0540 e. The van der Waals surface area contributed by atoms with Gasteiger partial charge >= 0.3 is 0 Å². The highest BCUT2D eigenvalue weighted by Crippen LogP contribution is 2.46. The molecule has 0 bridgehead atoms. The quantitative estimate of drug-likeness (QED) is 0.133. The lowest BCUT2D eigenvalue weighted by atomic mass is 9.90. The van der Waals surface area contributed by atoms with Gasteiger partial charge in [-0.3, -0.25) is 0 Å². The molecular formula is C64H45N. The number of para-hydroxylation sites is 1. The number of fused-ring (bicyclic) bond motifs is 1. The summed E-state index contributed by atoms with van der Waals surface area (Å²) < 4.78 is 0. The van der Waals surface area contributed by atoms with Gasteiger partial charge in [0, 0.05) is 16.9 Å². The fourth-order valence-electron chi connectivity index (χ4n) is 9.29. The molecule has 0 aliphatic rings. The van der Waals surface area contributed by atoms with Gasteiger partial charge in [-0.15, -0.1) is 0 Å². The summed E-state index contributed by atoms with van der Waals surface area (Å²) in [7, 11) is 0. The van der Waals surface area contributed by atoms with E-state index >= 15 is 0 Å². The molecule has 0 aromatic heterocycles. The van der Waals surface area contributed by atoms with Gasteiger partial charge in [-0.1, -0.05) is 237 Å². The molecule has 0 amide bonds. The van der Waals surface area contributed by atoms with Gasteiger partial charge in [-0.05, 0) is 119 Å². The van der Waals surface area contributed by atoms with Crippen molar-refractivity contribution in [1.29, 1.82) is 0 Å². The third-order valence-corrected chi connectivity index (χ3v) is 12.5. The highest BCUT2D eigenvalue weighted by Gasteiger charge is 2.20. The molecule has 0 radical (unpaired) electrons. The maximum Gasteiger partial charge on any atom is 0.0540 e.